The molecule has 2 heterocycles. The van der Waals surface area contributed by atoms with Crippen molar-refractivity contribution in [1.29, 1.82) is 0 Å². The lowest BCUT2D eigenvalue weighted by molar-refractivity contribution is -0.113. The fraction of sp³-hybridized carbons (Fsp3) is 0.261. The largest absolute Gasteiger partial charge is 0.478 e. The van der Waals surface area contributed by atoms with E-state index in [1.165, 1.54) is 0 Å². The van der Waals surface area contributed by atoms with E-state index < -0.39 is 5.97 Å². The van der Waals surface area contributed by atoms with Gasteiger partial charge in [-0.25, -0.2) is 9.78 Å². The lowest BCUT2D eigenvalue weighted by atomic mass is 10.1. The van der Waals surface area contributed by atoms with Crippen LogP contribution in [0.4, 0.5) is 0 Å². The van der Waals surface area contributed by atoms with Gasteiger partial charge in [-0.1, -0.05) is 31.5 Å². The molecule has 2 aromatic heterocycles. The summed E-state index contributed by atoms with van der Waals surface area (Å²) in [6.45, 7) is 2.72. The number of imidazole rings is 1. The van der Waals surface area contributed by atoms with Crippen LogP contribution in [0.15, 0.2) is 54.1 Å². The van der Waals surface area contributed by atoms with Gasteiger partial charge < -0.3 is 9.67 Å². The number of allylic oxidation sites excluding steroid dienone is 1. The van der Waals surface area contributed by atoms with Crippen molar-refractivity contribution < 1.29 is 14.7 Å². The molecule has 0 bridgehead atoms. The number of rotatable bonds is 10. The minimum atomic E-state index is -0.935. The number of unbranched alkanes of at least 4 members (excludes halogenated alkanes) is 1. The average molecular weight is 409 g/mol. The van der Waals surface area contributed by atoms with Gasteiger partial charge in [-0.2, -0.15) is 0 Å². The predicted molar refractivity (Wildman–Crippen MR) is 115 cm³/mol. The number of aromatic carboxylic acids is 1. The van der Waals surface area contributed by atoms with Crippen LogP contribution >= 0.6 is 11.3 Å². The van der Waals surface area contributed by atoms with Gasteiger partial charge in [0.2, 0.25) is 0 Å². The topological polar surface area (TPSA) is 72.2 Å². The number of benzene rings is 1. The Morgan fingerprint density at radius 3 is 2.66 bits per heavy atom. The van der Waals surface area contributed by atoms with Gasteiger partial charge >= 0.3 is 5.97 Å². The van der Waals surface area contributed by atoms with Crippen LogP contribution in [0.1, 0.15) is 52.1 Å². The molecule has 0 radical (unpaired) electrons. The molecule has 0 saturated carbocycles. The molecule has 0 aliphatic rings. The van der Waals surface area contributed by atoms with Crippen LogP contribution < -0.4 is 0 Å². The molecule has 1 aromatic carbocycles. The average Bonchev–Trinajstić information content (AvgIpc) is 3.35. The van der Waals surface area contributed by atoms with E-state index in [2.05, 4.69) is 16.5 Å². The molecule has 6 heteroatoms. The highest BCUT2D eigenvalue weighted by Gasteiger charge is 2.10. The number of carboxylic acids is 1. The Kier molecular flexibility index (Phi) is 7.14. The molecule has 5 nitrogen and oxygen atoms in total. The maximum absolute atomic E-state index is 12.3. The second kappa shape index (κ2) is 9.98. The standard InChI is InChI=1S/C23H24N2O3S/c1-2-3-6-22-24-15-19(11-12-20(26)14-21-5-4-13-29-21)25(22)16-17-7-9-18(10-8-17)23(27)28/h4-5,7-13,15H,2-3,6,14,16H2,1H3,(H,27,28)/b12-11+. The first-order valence-electron chi connectivity index (χ1n) is 9.66. The third-order valence-corrected chi connectivity index (χ3v) is 5.51. The normalized spacial score (nSPS) is 11.2. The number of carbonyl (C=O) groups is 2. The van der Waals surface area contributed by atoms with Gasteiger partial charge in [0.1, 0.15) is 5.82 Å². The summed E-state index contributed by atoms with van der Waals surface area (Å²) in [6.07, 6.45) is 8.61. The number of nitrogens with zero attached hydrogens (tertiary/aromatic N) is 2. The van der Waals surface area contributed by atoms with Crippen molar-refractivity contribution in [3.63, 3.8) is 0 Å². The smallest absolute Gasteiger partial charge is 0.335 e. The summed E-state index contributed by atoms with van der Waals surface area (Å²) >= 11 is 1.58. The van der Waals surface area contributed by atoms with E-state index in [1.54, 1.807) is 35.7 Å². The zero-order chi connectivity index (χ0) is 20.6. The van der Waals surface area contributed by atoms with Crippen molar-refractivity contribution in [2.24, 2.45) is 0 Å². The van der Waals surface area contributed by atoms with Gasteiger partial charge in [0, 0.05) is 24.3 Å². The molecule has 29 heavy (non-hydrogen) atoms. The van der Waals surface area contributed by atoms with Crippen molar-refractivity contribution in [3.05, 3.63) is 81.6 Å². The zero-order valence-corrected chi connectivity index (χ0v) is 17.2. The number of aryl methyl sites for hydroxylation is 1. The SMILES string of the molecule is CCCCc1ncc(/C=C/C(=O)Cc2cccs2)n1Cc1ccc(C(=O)O)cc1. The Morgan fingerprint density at radius 2 is 2.00 bits per heavy atom. The van der Waals surface area contributed by atoms with Gasteiger partial charge in [0.15, 0.2) is 5.78 Å². The summed E-state index contributed by atoms with van der Waals surface area (Å²) in [5, 5.41) is 11.0. The third-order valence-electron chi connectivity index (χ3n) is 4.63. The molecule has 0 atom stereocenters. The molecule has 0 aliphatic carbocycles. The van der Waals surface area contributed by atoms with Crippen LogP contribution in [0.25, 0.3) is 6.08 Å². The van der Waals surface area contributed by atoms with Crippen molar-refractivity contribution in [2.75, 3.05) is 0 Å². The second-order valence-electron chi connectivity index (χ2n) is 6.85. The summed E-state index contributed by atoms with van der Waals surface area (Å²) in [5.41, 5.74) is 2.13. The van der Waals surface area contributed by atoms with Crippen molar-refractivity contribution >= 4 is 29.2 Å². The lowest BCUT2D eigenvalue weighted by Gasteiger charge is -2.11. The molecule has 0 spiro atoms. The first kappa shape index (κ1) is 20.7. The minimum Gasteiger partial charge on any atom is -0.478 e. The quantitative estimate of drug-likeness (QED) is 0.486. The maximum atomic E-state index is 12.3. The lowest BCUT2D eigenvalue weighted by Crippen LogP contribution is -2.08. The fourth-order valence-electron chi connectivity index (χ4n) is 3.04. The number of thiophene rings is 1. The molecule has 150 valence electrons. The van der Waals surface area contributed by atoms with E-state index in [4.69, 9.17) is 5.11 Å². The third kappa shape index (κ3) is 5.74. The summed E-state index contributed by atoms with van der Waals surface area (Å²) in [7, 11) is 0. The van der Waals surface area contributed by atoms with Gasteiger partial charge in [0.25, 0.3) is 0 Å². The summed E-state index contributed by atoms with van der Waals surface area (Å²) in [6, 6.07) is 10.8. The molecule has 3 aromatic rings. The second-order valence-corrected chi connectivity index (χ2v) is 7.88. The van der Waals surface area contributed by atoms with E-state index in [9.17, 15) is 9.59 Å². The fourth-order valence-corrected chi connectivity index (χ4v) is 3.75. The Balaban J connectivity index is 1.79. The molecule has 0 amide bonds. The molecule has 1 N–H and O–H groups in total. The van der Waals surface area contributed by atoms with E-state index in [1.807, 2.05) is 35.7 Å². The minimum absolute atomic E-state index is 0.0566. The predicted octanol–water partition coefficient (Wildman–Crippen LogP) is 4.86. The molecule has 0 unspecified atom stereocenters. The highest BCUT2D eigenvalue weighted by atomic mass is 32.1. The summed E-state index contributed by atoms with van der Waals surface area (Å²) in [5.74, 6) is 0.0938. The van der Waals surface area contributed by atoms with E-state index in [0.29, 0.717) is 13.0 Å². The summed E-state index contributed by atoms with van der Waals surface area (Å²) < 4.78 is 2.10. The first-order valence-corrected chi connectivity index (χ1v) is 10.5. The molecule has 0 aliphatic heterocycles. The van der Waals surface area contributed by atoms with Gasteiger partial charge in [0.05, 0.1) is 17.5 Å². The van der Waals surface area contributed by atoms with Crippen LogP contribution in [0.5, 0.6) is 0 Å². The molecule has 0 saturated heterocycles. The zero-order valence-electron chi connectivity index (χ0n) is 16.4. The number of aromatic nitrogens is 2. The number of carbonyl (C=O) groups excluding carboxylic acids is 1. The highest BCUT2D eigenvalue weighted by molar-refractivity contribution is 7.10. The van der Waals surface area contributed by atoms with E-state index in [0.717, 1.165) is 41.2 Å². The Bertz CT molecular complexity index is 986. The van der Waals surface area contributed by atoms with Gasteiger partial charge in [-0.15, -0.1) is 11.3 Å². The van der Waals surface area contributed by atoms with Gasteiger partial charge in [-0.05, 0) is 47.7 Å². The molecular formula is C23H24N2O3S. The Hall–Kier alpha value is -2.99. The Labute approximate surface area is 174 Å². The van der Waals surface area contributed by atoms with Crippen LogP contribution in [0.2, 0.25) is 0 Å². The van der Waals surface area contributed by atoms with Crippen molar-refractivity contribution in [3.8, 4) is 0 Å². The summed E-state index contributed by atoms with van der Waals surface area (Å²) in [4.78, 5) is 28.9. The Morgan fingerprint density at radius 1 is 1.21 bits per heavy atom. The highest BCUT2D eigenvalue weighted by Crippen LogP contribution is 2.16. The molecule has 3 rings (SSSR count). The number of carboxylic acid groups (broad SMARTS) is 1. The van der Waals surface area contributed by atoms with Crippen LogP contribution in [-0.4, -0.2) is 26.4 Å². The van der Waals surface area contributed by atoms with Crippen molar-refractivity contribution in [1.82, 2.24) is 9.55 Å². The van der Waals surface area contributed by atoms with Crippen LogP contribution in [0, 0.1) is 0 Å². The maximum Gasteiger partial charge on any atom is 0.335 e. The molecule has 0 fully saturated rings. The first-order chi connectivity index (χ1) is 14.1. The number of ketones is 1. The van der Waals surface area contributed by atoms with E-state index >= 15 is 0 Å². The van der Waals surface area contributed by atoms with Crippen LogP contribution in [-0.2, 0) is 24.2 Å². The number of hydrogen-bond acceptors (Lipinski definition) is 4. The number of hydrogen-bond donors (Lipinski definition) is 1. The molecular weight excluding hydrogens is 384 g/mol. The van der Waals surface area contributed by atoms with Crippen molar-refractivity contribution in [2.45, 2.75) is 39.2 Å². The van der Waals surface area contributed by atoms with Crippen LogP contribution in [0.3, 0.4) is 0 Å². The monoisotopic (exact) mass is 408 g/mol. The van der Waals surface area contributed by atoms with Gasteiger partial charge in [-0.3, -0.25) is 4.79 Å². The van der Waals surface area contributed by atoms with E-state index in [-0.39, 0.29) is 11.3 Å².